The maximum Gasteiger partial charge on any atom is 0.274 e. The van der Waals surface area contributed by atoms with Gasteiger partial charge in [0.1, 0.15) is 0 Å². The first-order valence-corrected chi connectivity index (χ1v) is 9.08. The van der Waals surface area contributed by atoms with E-state index < -0.39 is 0 Å². The zero-order valence-corrected chi connectivity index (χ0v) is 15.2. The van der Waals surface area contributed by atoms with Gasteiger partial charge in [0.25, 0.3) is 11.5 Å². The molecule has 1 heterocycles. The third kappa shape index (κ3) is 3.44. The molecule has 0 aliphatic carbocycles. The number of amides is 1. The molecular formula is C19H19N3O2S. The molecule has 0 aliphatic rings. The topological polar surface area (TPSA) is 55.2 Å². The lowest BCUT2D eigenvalue weighted by Crippen LogP contribution is -2.30. The zero-order valence-electron chi connectivity index (χ0n) is 14.4. The Balaban J connectivity index is 1.93. The molecule has 0 fully saturated rings. The molecule has 0 aliphatic heterocycles. The lowest BCUT2D eigenvalue weighted by Gasteiger charge is -2.18. The van der Waals surface area contributed by atoms with Gasteiger partial charge in [-0.1, -0.05) is 30.3 Å². The molecule has 25 heavy (non-hydrogen) atoms. The first-order chi connectivity index (χ1) is 12.0. The van der Waals surface area contributed by atoms with E-state index in [1.807, 2.05) is 30.5 Å². The highest BCUT2D eigenvalue weighted by Gasteiger charge is 2.19. The first-order valence-electron chi connectivity index (χ1n) is 7.85. The molecule has 1 amide bonds. The molecule has 0 bridgehead atoms. The van der Waals surface area contributed by atoms with Crippen LogP contribution in [0.1, 0.15) is 16.1 Å². The Morgan fingerprint density at radius 1 is 1.12 bits per heavy atom. The molecule has 0 saturated carbocycles. The van der Waals surface area contributed by atoms with Gasteiger partial charge in [-0.2, -0.15) is 5.10 Å². The second kappa shape index (κ2) is 7.11. The summed E-state index contributed by atoms with van der Waals surface area (Å²) in [5.41, 5.74) is 1.13. The normalized spacial score (nSPS) is 10.8. The molecule has 5 nitrogen and oxygen atoms in total. The van der Waals surface area contributed by atoms with Gasteiger partial charge in [-0.25, -0.2) is 4.68 Å². The van der Waals surface area contributed by atoms with Gasteiger partial charge in [-0.05, 0) is 30.0 Å². The molecule has 1 aromatic heterocycles. The molecule has 6 heteroatoms. The maximum atomic E-state index is 12.9. The fourth-order valence-corrected chi connectivity index (χ4v) is 3.12. The van der Waals surface area contributed by atoms with Crippen molar-refractivity contribution in [2.75, 3.05) is 13.3 Å². The van der Waals surface area contributed by atoms with Crippen molar-refractivity contribution in [3.63, 3.8) is 0 Å². The summed E-state index contributed by atoms with van der Waals surface area (Å²) in [7, 11) is 3.30. The van der Waals surface area contributed by atoms with Crippen molar-refractivity contribution in [2.45, 2.75) is 11.4 Å². The summed E-state index contributed by atoms with van der Waals surface area (Å²) in [5.74, 6) is -0.208. The van der Waals surface area contributed by atoms with Crippen molar-refractivity contribution >= 4 is 28.4 Å². The standard InChI is InChI=1S/C19H19N3O2S/c1-21(12-13-8-10-14(25-3)11-9-13)19(24)17-15-6-4-5-7-16(15)18(23)22(2)20-17/h4-11H,12H2,1-3H3. The van der Waals surface area contributed by atoms with Crippen LogP contribution in [0.4, 0.5) is 0 Å². The fourth-order valence-electron chi connectivity index (χ4n) is 2.72. The summed E-state index contributed by atoms with van der Waals surface area (Å²) in [4.78, 5) is 27.9. The van der Waals surface area contributed by atoms with Crippen LogP contribution in [0.25, 0.3) is 10.8 Å². The number of thioether (sulfide) groups is 1. The van der Waals surface area contributed by atoms with Crippen molar-refractivity contribution in [3.8, 4) is 0 Å². The highest BCUT2D eigenvalue weighted by atomic mass is 32.2. The van der Waals surface area contributed by atoms with Crippen LogP contribution in [0.2, 0.25) is 0 Å². The van der Waals surface area contributed by atoms with Crippen LogP contribution in [0.5, 0.6) is 0 Å². The first kappa shape index (κ1) is 17.2. The second-order valence-corrected chi connectivity index (χ2v) is 6.71. The summed E-state index contributed by atoms with van der Waals surface area (Å²) < 4.78 is 1.22. The largest absolute Gasteiger partial charge is 0.336 e. The van der Waals surface area contributed by atoms with Crippen molar-refractivity contribution < 1.29 is 4.79 Å². The highest BCUT2D eigenvalue weighted by molar-refractivity contribution is 7.98. The van der Waals surface area contributed by atoms with Gasteiger partial charge in [0.2, 0.25) is 0 Å². The van der Waals surface area contributed by atoms with Crippen molar-refractivity contribution in [3.05, 3.63) is 70.1 Å². The third-order valence-electron chi connectivity index (χ3n) is 4.08. The Hall–Kier alpha value is -2.60. The van der Waals surface area contributed by atoms with Gasteiger partial charge in [0, 0.05) is 30.9 Å². The van der Waals surface area contributed by atoms with Crippen LogP contribution in [0, 0.1) is 0 Å². The molecule has 3 aromatic rings. The Kier molecular flexibility index (Phi) is 4.90. The van der Waals surface area contributed by atoms with Gasteiger partial charge >= 0.3 is 0 Å². The van der Waals surface area contributed by atoms with E-state index >= 15 is 0 Å². The minimum atomic E-state index is -0.208. The van der Waals surface area contributed by atoms with Crippen LogP contribution >= 0.6 is 11.8 Å². The van der Waals surface area contributed by atoms with Crippen molar-refractivity contribution in [1.82, 2.24) is 14.7 Å². The zero-order chi connectivity index (χ0) is 18.0. The SMILES string of the molecule is CSc1ccc(CN(C)C(=O)c2nn(C)c(=O)c3ccccc23)cc1. The number of carbonyl (C=O) groups excluding carboxylic acids is 1. The maximum absolute atomic E-state index is 12.9. The van der Waals surface area contributed by atoms with Crippen molar-refractivity contribution in [2.24, 2.45) is 7.05 Å². The summed E-state index contributed by atoms with van der Waals surface area (Å²) >= 11 is 1.68. The van der Waals surface area contributed by atoms with E-state index in [2.05, 4.69) is 5.10 Å². The molecule has 2 aromatic carbocycles. The minimum Gasteiger partial charge on any atom is -0.336 e. The minimum absolute atomic E-state index is 0.206. The van der Waals surface area contributed by atoms with E-state index in [4.69, 9.17) is 0 Å². The van der Waals surface area contributed by atoms with E-state index in [1.165, 1.54) is 9.58 Å². The summed E-state index contributed by atoms with van der Waals surface area (Å²) in [6, 6.07) is 15.2. The molecule has 0 saturated heterocycles. The Bertz CT molecular complexity index is 980. The van der Waals surface area contributed by atoms with E-state index in [1.54, 1.807) is 55.0 Å². The monoisotopic (exact) mass is 353 g/mol. The molecule has 0 atom stereocenters. The summed E-state index contributed by atoms with van der Waals surface area (Å²) in [5, 5.41) is 5.28. The molecule has 0 spiro atoms. The number of hydrogen-bond acceptors (Lipinski definition) is 4. The van der Waals surface area contributed by atoms with Gasteiger partial charge in [-0.15, -0.1) is 11.8 Å². The number of rotatable bonds is 4. The second-order valence-electron chi connectivity index (χ2n) is 5.83. The number of hydrogen-bond donors (Lipinski definition) is 0. The molecule has 0 unspecified atom stereocenters. The van der Waals surface area contributed by atoms with Gasteiger partial charge in [0.05, 0.1) is 5.39 Å². The summed E-state index contributed by atoms with van der Waals surface area (Å²) in [6.45, 7) is 0.479. The number of nitrogens with zero attached hydrogens (tertiary/aromatic N) is 3. The number of aryl methyl sites for hydroxylation is 1. The predicted molar refractivity (Wildman–Crippen MR) is 101 cm³/mol. The average Bonchev–Trinajstić information content (AvgIpc) is 2.64. The van der Waals surface area contributed by atoms with Gasteiger partial charge in [-0.3, -0.25) is 9.59 Å². The van der Waals surface area contributed by atoms with Crippen LogP contribution in [0.3, 0.4) is 0 Å². The van der Waals surface area contributed by atoms with Crippen molar-refractivity contribution in [1.29, 1.82) is 0 Å². The molecule has 3 rings (SSSR count). The summed E-state index contributed by atoms with van der Waals surface area (Å²) in [6.07, 6.45) is 2.03. The lowest BCUT2D eigenvalue weighted by atomic mass is 10.1. The Labute approximate surface area is 150 Å². The number of benzene rings is 2. The number of carbonyl (C=O) groups is 1. The Morgan fingerprint density at radius 3 is 2.40 bits per heavy atom. The predicted octanol–water partition coefficient (Wildman–Crippen LogP) is 2.93. The highest BCUT2D eigenvalue weighted by Crippen LogP contribution is 2.18. The van der Waals surface area contributed by atoms with Crippen LogP contribution in [-0.4, -0.2) is 33.9 Å². The lowest BCUT2D eigenvalue weighted by molar-refractivity contribution is 0.0779. The molecule has 0 radical (unpaired) electrons. The average molecular weight is 353 g/mol. The van der Waals surface area contributed by atoms with Gasteiger partial charge < -0.3 is 4.90 Å². The molecule has 128 valence electrons. The smallest absolute Gasteiger partial charge is 0.274 e. The van der Waals surface area contributed by atoms with Crippen LogP contribution in [0.15, 0.2) is 58.2 Å². The van der Waals surface area contributed by atoms with E-state index in [9.17, 15) is 9.59 Å². The van der Waals surface area contributed by atoms with Crippen LogP contribution < -0.4 is 5.56 Å². The van der Waals surface area contributed by atoms with E-state index in [-0.39, 0.29) is 11.5 Å². The van der Waals surface area contributed by atoms with E-state index in [0.29, 0.717) is 23.0 Å². The Morgan fingerprint density at radius 2 is 1.76 bits per heavy atom. The van der Waals surface area contributed by atoms with Gasteiger partial charge in [0.15, 0.2) is 5.69 Å². The quantitative estimate of drug-likeness (QED) is 0.677. The fraction of sp³-hybridized carbons (Fsp3) is 0.211. The third-order valence-corrected chi connectivity index (χ3v) is 4.83. The molecule has 0 N–H and O–H groups in total. The van der Waals surface area contributed by atoms with E-state index in [0.717, 1.165) is 5.56 Å². The number of fused-ring (bicyclic) bond motifs is 1. The van der Waals surface area contributed by atoms with Crippen LogP contribution in [-0.2, 0) is 13.6 Å². The molecular weight excluding hydrogens is 334 g/mol. The number of aromatic nitrogens is 2.